The first-order valence-electron chi connectivity index (χ1n) is 9.30. The van der Waals surface area contributed by atoms with Crippen LogP contribution in [0.1, 0.15) is 16.1 Å². The average molecular weight is 389 g/mol. The van der Waals surface area contributed by atoms with Gasteiger partial charge in [-0.15, -0.1) is 0 Å². The minimum absolute atomic E-state index is 0.0576. The number of benzene rings is 2. The number of piperazine rings is 1. The molecule has 0 radical (unpaired) electrons. The van der Waals surface area contributed by atoms with Gasteiger partial charge in [-0.25, -0.2) is 9.97 Å². The predicted octanol–water partition coefficient (Wildman–Crippen LogP) is 3.51. The highest BCUT2D eigenvalue weighted by Crippen LogP contribution is 2.30. The Morgan fingerprint density at radius 3 is 2.57 bits per heavy atom. The van der Waals surface area contributed by atoms with Gasteiger partial charge in [0, 0.05) is 26.2 Å². The van der Waals surface area contributed by atoms with Crippen LogP contribution in [0.25, 0.3) is 21.3 Å². The molecule has 28 heavy (non-hydrogen) atoms. The van der Waals surface area contributed by atoms with Crippen molar-refractivity contribution < 1.29 is 4.79 Å². The van der Waals surface area contributed by atoms with Gasteiger partial charge in [-0.1, -0.05) is 29.5 Å². The molecule has 0 aliphatic carbocycles. The van der Waals surface area contributed by atoms with E-state index in [4.69, 9.17) is 4.98 Å². The zero-order chi connectivity index (χ0) is 19.1. The first-order chi connectivity index (χ1) is 13.7. The van der Waals surface area contributed by atoms with Gasteiger partial charge in [0.15, 0.2) is 5.13 Å². The predicted molar refractivity (Wildman–Crippen MR) is 112 cm³/mol. The molecule has 0 atom stereocenters. The lowest BCUT2D eigenvalue weighted by Gasteiger charge is -2.34. The third-order valence-electron chi connectivity index (χ3n) is 5.04. The van der Waals surface area contributed by atoms with Crippen molar-refractivity contribution in [2.45, 2.75) is 6.92 Å². The van der Waals surface area contributed by atoms with Gasteiger partial charge in [-0.05, 0) is 36.8 Å². The summed E-state index contributed by atoms with van der Waals surface area (Å²) < 4.78 is 1.21. The maximum absolute atomic E-state index is 12.9. The number of fused-ring (bicyclic) bond motifs is 2. The van der Waals surface area contributed by atoms with Crippen molar-refractivity contribution in [3.8, 4) is 0 Å². The topological polar surface area (TPSA) is 62.2 Å². The summed E-state index contributed by atoms with van der Waals surface area (Å²) in [5.74, 6) is -0.0576. The Morgan fingerprint density at radius 2 is 1.75 bits per heavy atom. The molecule has 0 saturated carbocycles. The van der Waals surface area contributed by atoms with Gasteiger partial charge in [0.05, 0.1) is 27.4 Å². The van der Waals surface area contributed by atoms with Gasteiger partial charge in [0.1, 0.15) is 5.69 Å². The number of aromatic nitrogens is 3. The molecule has 2 aromatic heterocycles. The number of para-hydroxylation sites is 2. The summed E-state index contributed by atoms with van der Waals surface area (Å²) in [4.78, 5) is 30.6. The van der Waals surface area contributed by atoms with Gasteiger partial charge in [-0.3, -0.25) is 9.78 Å². The van der Waals surface area contributed by atoms with Crippen LogP contribution < -0.4 is 4.90 Å². The Hall–Kier alpha value is -3.06. The Morgan fingerprint density at radius 1 is 0.964 bits per heavy atom. The van der Waals surface area contributed by atoms with E-state index in [2.05, 4.69) is 40.0 Å². The summed E-state index contributed by atoms with van der Waals surface area (Å²) in [7, 11) is 0. The second-order valence-electron chi connectivity index (χ2n) is 6.99. The summed E-state index contributed by atoms with van der Waals surface area (Å²) in [6.07, 6.45) is 1.58. The van der Waals surface area contributed by atoms with Crippen LogP contribution in [0.5, 0.6) is 0 Å². The van der Waals surface area contributed by atoms with E-state index >= 15 is 0 Å². The molecule has 1 aliphatic rings. The summed E-state index contributed by atoms with van der Waals surface area (Å²) in [5.41, 5.74) is 4.24. The second kappa shape index (κ2) is 6.83. The van der Waals surface area contributed by atoms with Gasteiger partial charge < -0.3 is 9.80 Å². The number of carbonyl (C=O) groups excluding carboxylic acids is 1. The number of aryl methyl sites for hydroxylation is 1. The number of thiazole rings is 1. The molecular formula is C21H19N5OS. The van der Waals surface area contributed by atoms with Crippen LogP contribution in [0.15, 0.2) is 48.7 Å². The average Bonchev–Trinajstić information content (AvgIpc) is 3.16. The standard InChI is InChI=1S/C21H19N5OS/c1-14-6-7-17-19(12-14)28-21(24-17)26-10-8-25(9-11-26)20(27)18-13-22-15-4-2-3-5-16(15)23-18/h2-7,12-13H,8-11H2,1H3. The fourth-order valence-corrected chi connectivity index (χ4v) is 4.59. The SMILES string of the molecule is Cc1ccc2nc(N3CCN(C(=O)c4cnc5ccccc5n4)CC3)sc2c1. The van der Waals surface area contributed by atoms with Gasteiger partial charge >= 0.3 is 0 Å². The van der Waals surface area contributed by atoms with Crippen LogP contribution in [0.3, 0.4) is 0 Å². The fraction of sp³-hybridized carbons (Fsp3) is 0.238. The molecular weight excluding hydrogens is 370 g/mol. The van der Waals surface area contributed by atoms with Crippen LogP contribution in [0.4, 0.5) is 5.13 Å². The third-order valence-corrected chi connectivity index (χ3v) is 6.12. The van der Waals surface area contributed by atoms with E-state index in [9.17, 15) is 4.79 Å². The van der Waals surface area contributed by atoms with Crippen molar-refractivity contribution in [3.63, 3.8) is 0 Å². The van der Waals surface area contributed by atoms with Crippen molar-refractivity contribution in [3.05, 3.63) is 59.9 Å². The van der Waals surface area contributed by atoms with E-state index in [1.807, 2.05) is 29.2 Å². The number of nitrogens with zero attached hydrogens (tertiary/aromatic N) is 5. The molecule has 6 nitrogen and oxygen atoms in total. The van der Waals surface area contributed by atoms with E-state index in [0.717, 1.165) is 34.8 Å². The zero-order valence-corrected chi connectivity index (χ0v) is 16.3. The molecule has 1 aliphatic heterocycles. The van der Waals surface area contributed by atoms with Crippen LogP contribution in [-0.4, -0.2) is 51.9 Å². The number of carbonyl (C=O) groups is 1. The monoisotopic (exact) mass is 389 g/mol. The number of amides is 1. The van der Waals surface area contributed by atoms with E-state index in [1.165, 1.54) is 10.3 Å². The lowest BCUT2D eigenvalue weighted by molar-refractivity contribution is 0.0741. The lowest BCUT2D eigenvalue weighted by Crippen LogP contribution is -2.49. The number of rotatable bonds is 2. The molecule has 2 aromatic carbocycles. The number of anilines is 1. The smallest absolute Gasteiger partial charge is 0.274 e. The first kappa shape index (κ1) is 17.1. The molecule has 1 fully saturated rings. The molecule has 0 N–H and O–H groups in total. The van der Waals surface area contributed by atoms with Crippen LogP contribution in [-0.2, 0) is 0 Å². The Kier molecular flexibility index (Phi) is 4.16. The van der Waals surface area contributed by atoms with Crippen molar-refractivity contribution in [2.24, 2.45) is 0 Å². The van der Waals surface area contributed by atoms with E-state index < -0.39 is 0 Å². The number of hydrogen-bond donors (Lipinski definition) is 0. The fourth-order valence-electron chi connectivity index (χ4n) is 3.48. The minimum Gasteiger partial charge on any atom is -0.345 e. The van der Waals surface area contributed by atoms with Gasteiger partial charge in [0.25, 0.3) is 5.91 Å². The van der Waals surface area contributed by atoms with Gasteiger partial charge in [-0.2, -0.15) is 0 Å². The molecule has 7 heteroatoms. The maximum atomic E-state index is 12.9. The van der Waals surface area contributed by atoms with Crippen molar-refractivity contribution in [2.75, 3.05) is 31.1 Å². The first-order valence-corrected chi connectivity index (χ1v) is 10.1. The molecule has 3 heterocycles. The Labute approximate surface area is 166 Å². The minimum atomic E-state index is -0.0576. The zero-order valence-electron chi connectivity index (χ0n) is 15.5. The maximum Gasteiger partial charge on any atom is 0.274 e. The van der Waals surface area contributed by atoms with Crippen LogP contribution in [0, 0.1) is 6.92 Å². The molecule has 1 saturated heterocycles. The second-order valence-corrected chi connectivity index (χ2v) is 8.00. The van der Waals surface area contributed by atoms with E-state index in [1.54, 1.807) is 17.5 Å². The quantitative estimate of drug-likeness (QED) is 0.525. The largest absolute Gasteiger partial charge is 0.345 e. The highest BCUT2D eigenvalue weighted by molar-refractivity contribution is 7.22. The molecule has 1 amide bonds. The summed E-state index contributed by atoms with van der Waals surface area (Å²) >= 11 is 1.71. The highest BCUT2D eigenvalue weighted by atomic mass is 32.1. The summed E-state index contributed by atoms with van der Waals surface area (Å²) in [5, 5.41) is 1.03. The van der Waals surface area contributed by atoms with Crippen molar-refractivity contribution >= 4 is 43.6 Å². The van der Waals surface area contributed by atoms with Crippen LogP contribution >= 0.6 is 11.3 Å². The molecule has 140 valence electrons. The number of hydrogen-bond acceptors (Lipinski definition) is 6. The van der Waals surface area contributed by atoms with Crippen molar-refractivity contribution in [1.29, 1.82) is 0 Å². The van der Waals surface area contributed by atoms with Crippen LogP contribution in [0.2, 0.25) is 0 Å². The van der Waals surface area contributed by atoms with E-state index in [-0.39, 0.29) is 5.91 Å². The molecule has 5 rings (SSSR count). The van der Waals surface area contributed by atoms with Gasteiger partial charge in [0.2, 0.25) is 0 Å². The molecule has 0 unspecified atom stereocenters. The Balaban J connectivity index is 1.30. The highest BCUT2D eigenvalue weighted by Gasteiger charge is 2.25. The normalized spacial score (nSPS) is 14.8. The lowest BCUT2D eigenvalue weighted by atomic mass is 10.2. The Bertz CT molecular complexity index is 1180. The third kappa shape index (κ3) is 3.07. The molecule has 0 bridgehead atoms. The summed E-state index contributed by atoms with van der Waals surface area (Å²) in [6, 6.07) is 13.9. The van der Waals surface area contributed by atoms with E-state index in [0.29, 0.717) is 18.8 Å². The molecule has 4 aromatic rings. The summed E-state index contributed by atoms with van der Waals surface area (Å²) in [6.45, 7) is 4.95. The molecule has 0 spiro atoms. The van der Waals surface area contributed by atoms with Crippen molar-refractivity contribution in [1.82, 2.24) is 19.9 Å².